The zero-order chi connectivity index (χ0) is 18.5. The summed E-state index contributed by atoms with van der Waals surface area (Å²) in [5, 5.41) is 1.91. The first-order valence-electron chi connectivity index (χ1n) is 8.94. The number of hydrogen-bond donors (Lipinski definition) is 0. The molecule has 2 aromatic rings. The molecule has 140 valence electrons. The second kappa shape index (κ2) is 8.60. The predicted molar refractivity (Wildman–Crippen MR) is 101 cm³/mol. The number of carbonyl (C=O) groups excluding carboxylic acids is 2. The van der Waals surface area contributed by atoms with Crippen LogP contribution in [0.15, 0.2) is 23.8 Å². The van der Waals surface area contributed by atoms with Crippen LogP contribution in [0.25, 0.3) is 0 Å². The van der Waals surface area contributed by atoms with E-state index in [2.05, 4.69) is 9.55 Å². The van der Waals surface area contributed by atoms with Gasteiger partial charge in [-0.25, -0.2) is 4.98 Å². The molecule has 1 aliphatic heterocycles. The molecule has 26 heavy (non-hydrogen) atoms. The molecule has 0 saturated carbocycles. The normalized spacial score (nSPS) is 15.4. The Kier molecular flexibility index (Phi) is 6.21. The van der Waals surface area contributed by atoms with E-state index in [1.807, 2.05) is 28.7 Å². The fourth-order valence-corrected chi connectivity index (χ4v) is 4.20. The SMILES string of the molecule is COCCn1ccnc1C1CCN(C(=O)Cc2csc(C(C)=O)c2)CC1. The summed E-state index contributed by atoms with van der Waals surface area (Å²) in [4.78, 5) is 31.1. The summed E-state index contributed by atoms with van der Waals surface area (Å²) in [5.74, 6) is 1.67. The molecule has 3 heterocycles. The Labute approximate surface area is 157 Å². The number of thiophene rings is 1. The van der Waals surface area contributed by atoms with E-state index in [1.54, 1.807) is 14.0 Å². The van der Waals surface area contributed by atoms with Crippen LogP contribution in [0.2, 0.25) is 0 Å². The van der Waals surface area contributed by atoms with Crippen LogP contribution in [-0.4, -0.2) is 52.9 Å². The van der Waals surface area contributed by atoms with Crippen LogP contribution >= 0.6 is 11.3 Å². The molecular formula is C19H25N3O3S. The Hall–Kier alpha value is -1.99. The molecule has 0 N–H and O–H groups in total. The standard InChI is InChI=1S/C19H25N3O3S/c1-14(23)17-11-15(13-26-17)12-18(24)21-6-3-16(4-7-21)19-20-5-8-22(19)9-10-25-2/h5,8,11,13,16H,3-4,6-7,9-10,12H2,1-2H3. The largest absolute Gasteiger partial charge is 0.383 e. The number of amides is 1. The van der Waals surface area contributed by atoms with E-state index in [4.69, 9.17) is 4.74 Å². The number of rotatable bonds is 7. The first kappa shape index (κ1) is 18.8. The maximum Gasteiger partial charge on any atom is 0.227 e. The van der Waals surface area contributed by atoms with Crippen molar-refractivity contribution in [3.8, 4) is 0 Å². The number of hydrogen-bond acceptors (Lipinski definition) is 5. The van der Waals surface area contributed by atoms with Crippen LogP contribution in [-0.2, 0) is 22.5 Å². The first-order valence-corrected chi connectivity index (χ1v) is 9.82. The number of Topliss-reactive ketones (excluding diaryl/α,β-unsaturated/α-hetero) is 1. The number of nitrogens with zero attached hydrogens (tertiary/aromatic N) is 3. The van der Waals surface area contributed by atoms with Crippen LogP contribution in [0.5, 0.6) is 0 Å². The van der Waals surface area contributed by atoms with Gasteiger partial charge in [-0.15, -0.1) is 11.3 Å². The average molecular weight is 375 g/mol. The van der Waals surface area contributed by atoms with E-state index in [0.717, 1.165) is 48.7 Å². The van der Waals surface area contributed by atoms with Gasteiger partial charge in [0.1, 0.15) is 5.82 Å². The van der Waals surface area contributed by atoms with E-state index in [9.17, 15) is 9.59 Å². The van der Waals surface area contributed by atoms with Crippen molar-refractivity contribution < 1.29 is 14.3 Å². The number of carbonyl (C=O) groups is 2. The fraction of sp³-hybridized carbons (Fsp3) is 0.526. The summed E-state index contributed by atoms with van der Waals surface area (Å²) in [6.07, 6.45) is 6.06. The Bertz CT molecular complexity index is 760. The molecule has 0 unspecified atom stereocenters. The van der Waals surface area contributed by atoms with Gasteiger partial charge in [-0.05, 0) is 36.8 Å². The zero-order valence-corrected chi connectivity index (χ0v) is 16.1. The molecule has 2 aromatic heterocycles. The van der Waals surface area contributed by atoms with Crippen LogP contribution in [0, 0.1) is 0 Å². The molecule has 6 nitrogen and oxygen atoms in total. The van der Waals surface area contributed by atoms with Crippen LogP contribution in [0.3, 0.4) is 0 Å². The maximum absolute atomic E-state index is 12.6. The van der Waals surface area contributed by atoms with Crippen molar-refractivity contribution in [1.82, 2.24) is 14.5 Å². The maximum atomic E-state index is 12.6. The molecule has 1 saturated heterocycles. The van der Waals surface area contributed by atoms with Gasteiger partial charge in [-0.2, -0.15) is 0 Å². The lowest BCUT2D eigenvalue weighted by atomic mass is 9.95. The topological polar surface area (TPSA) is 64.4 Å². The summed E-state index contributed by atoms with van der Waals surface area (Å²) < 4.78 is 7.31. The highest BCUT2D eigenvalue weighted by Gasteiger charge is 2.26. The molecular weight excluding hydrogens is 350 g/mol. The number of ether oxygens (including phenoxy) is 1. The fourth-order valence-electron chi connectivity index (χ4n) is 3.39. The molecule has 0 radical (unpaired) electrons. The smallest absolute Gasteiger partial charge is 0.227 e. The van der Waals surface area contributed by atoms with Gasteiger partial charge in [-0.1, -0.05) is 0 Å². The van der Waals surface area contributed by atoms with Crippen molar-refractivity contribution in [1.29, 1.82) is 0 Å². The van der Waals surface area contributed by atoms with E-state index in [-0.39, 0.29) is 11.7 Å². The van der Waals surface area contributed by atoms with E-state index in [0.29, 0.717) is 18.9 Å². The summed E-state index contributed by atoms with van der Waals surface area (Å²) in [5.41, 5.74) is 0.933. The minimum atomic E-state index is 0.0542. The predicted octanol–water partition coefficient (Wildman–Crippen LogP) is 2.74. The number of imidazole rings is 1. The van der Waals surface area contributed by atoms with Gasteiger partial charge < -0.3 is 14.2 Å². The third-order valence-corrected chi connectivity index (χ3v) is 5.93. The third kappa shape index (κ3) is 4.40. The Balaban J connectivity index is 1.53. The number of methoxy groups -OCH3 is 1. The van der Waals surface area contributed by atoms with Crippen molar-refractivity contribution in [2.24, 2.45) is 0 Å². The number of ketones is 1. The quantitative estimate of drug-likeness (QED) is 0.698. The lowest BCUT2D eigenvalue weighted by Crippen LogP contribution is -2.39. The second-order valence-corrected chi connectivity index (χ2v) is 7.59. The van der Waals surface area contributed by atoms with Crippen molar-refractivity contribution >= 4 is 23.0 Å². The molecule has 0 spiro atoms. The Morgan fingerprint density at radius 3 is 2.77 bits per heavy atom. The molecule has 1 fully saturated rings. The third-order valence-electron chi connectivity index (χ3n) is 4.85. The Morgan fingerprint density at radius 1 is 1.35 bits per heavy atom. The van der Waals surface area contributed by atoms with Gasteiger partial charge in [0.15, 0.2) is 5.78 Å². The highest BCUT2D eigenvalue weighted by atomic mass is 32.1. The van der Waals surface area contributed by atoms with E-state index in [1.165, 1.54) is 11.3 Å². The number of likely N-dealkylation sites (tertiary alicyclic amines) is 1. The minimum Gasteiger partial charge on any atom is -0.383 e. The van der Waals surface area contributed by atoms with Crippen LogP contribution in [0.4, 0.5) is 0 Å². The number of piperidine rings is 1. The highest BCUT2D eigenvalue weighted by Crippen LogP contribution is 2.27. The first-order chi connectivity index (χ1) is 12.6. The van der Waals surface area contributed by atoms with Gasteiger partial charge in [0.25, 0.3) is 0 Å². The highest BCUT2D eigenvalue weighted by molar-refractivity contribution is 7.12. The van der Waals surface area contributed by atoms with Gasteiger partial charge in [0, 0.05) is 45.1 Å². The van der Waals surface area contributed by atoms with Crippen molar-refractivity contribution in [3.63, 3.8) is 0 Å². The molecule has 0 aromatic carbocycles. The summed E-state index contributed by atoms with van der Waals surface area (Å²) >= 11 is 1.41. The van der Waals surface area contributed by atoms with Gasteiger partial charge in [-0.3, -0.25) is 9.59 Å². The van der Waals surface area contributed by atoms with Crippen molar-refractivity contribution in [2.45, 2.75) is 38.6 Å². The molecule has 0 atom stereocenters. The minimum absolute atomic E-state index is 0.0542. The second-order valence-electron chi connectivity index (χ2n) is 6.68. The lowest BCUT2D eigenvalue weighted by Gasteiger charge is -2.32. The zero-order valence-electron chi connectivity index (χ0n) is 15.3. The molecule has 0 bridgehead atoms. The monoisotopic (exact) mass is 375 g/mol. The lowest BCUT2D eigenvalue weighted by molar-refractivity contribution is -0.131. The van der Waals surface area contributed by atoms with Gasteiger partial charge >= 0.3 is 0 Å². The van der Waals surface area contributed by atoms with Crippen molar-refractivity contribution in [2.75, 3.05) is 26.8 Å². The van der Waals surface area contributed by atoms with E-state index >= 15 is 0 Å². The molecule has 1 aliphatic rings. The Morgan fingerprint density at radius 2 is 2.12 bits per heavy atom. The molecule has 3 rings (SSSR count). The van der Waals surface area contributed by atoms with Crippen LogP contribution in [0.1, 0.15) is 46.7 Å². The summed E-state index contributed by atoms with van der Waals surface area (Å²) in [7, 11) is 1.70. The summed E-state index contributed by atoms with van der Waals surface area (Å²) in [6, 6.07) is 1.84. The number of aromatic nitrogens is 2. The molecule has 7 heteroatoms. The molecule has 1 amide bonds. The van der Waals surface area contributed by atoms with Gasteiger partial charge in [0.05, 0.1) is 17.9 Å². The van der Waals surface area contributed by atoms with Gasteiger partial charge in [0.2, 0.25) is 5.91 Å². The van der Waals surface area contributed by atoms with Crippen LogP contribution < -0.4 is 0 Å². The summed E-state index contributed by atoms with van der Waals surface area (Å²) in [6.45, 7) is 4.54. The van der Waals surface area contributed by atoms with E-state index < -0.39 is 0 Å². The average Bonchev–Trinajstić information content (AvgIpc) is 3.29. The van der Waals surface area contributed by atoms with Crippen molar-refractivity contribution in [3.05, 3.63) is 40.1 Å². The molecule has 0 aliphatic carbocycles.